The van der Waals surface area contributed by atoms with Gasteiger partial charge in [0.1, 0.15) is 5.75 Å². The van der Waals surface area contributed by atoms with Crippen LogP contribution in [0.2, 0.25) is 5.02 Å². The highest BCUT2D eigenvalue weighted by molar-refractivity contribution is 6.32. The molecule has 0 heterocycles. The second-order valence-corrected chi connectivity index (χ2v) is 4.14. The molecule has 1 rings (SSSR count). The van der Waals surface area contributed by atoms with Crippen molar-refractivity contribution in [1.29, 1.82) is 0 Å². The molecule has 3 N–H and O–H groups in total. The maximum absolute atomic E-state index is 11.5. The molecule has 0 spiro atoms. The minimum atomic E-state index is -0.0558. The quantitative estimate of drug-likeness (QED) is 0.834. The Kier molecular flexibility index (Phi) is 5.25. The van der Waals surface area contributed by atoms with Gasteiger partial charge in [0, 0.05) is 13.1 Å². The van der Waals surface area contributed by atoms with E-state index in [2.05, 4.69) is 5.32 Å². The molecule has 1 amide bonds. The van der Waals surface area contributed by atoms with Crippen molar-refractivity contribution in [2.75, 3.05) is 20.2 Å². The first-order valence-corrected chi connectivity index (χ1v) is 5.76. The lowest BCUT2D eigenvalue weighted by molar-refractivity contribution is -0.120. The average Bonchev–Trinajstić information content (AvgIpc) is 2.30. The topological polar surface area (TPSA) is 64.3 Å². The van der Waals surface area contributed by atoms with Crippen molar-refractivity contribution in [1.82, 2.24) is 5.32 Å². The number of rotatable bonds is 5. The second kappa shape index (κ2) is 6.47. The fourth-order valence-electron chi connectivity index (χ4n) is 1.49. The Hall–Kier alpha value is -1.26. The fraction of sp³-hybridized carbons (Fsp3) is 0.417. The monoisotopic (exact) mass is 256 g/mol. The minimum absolute atomic E-state index is 0.0558. The number of nitrogens with one attached hydrogen (secondary N) is 1. The molecule has 0 atom stereocenters. The van der Waals surface area contributed by atoms with Gasteiger partial charge >= 0.3 is 0 Å². The van der Waals surface area contributed by atoms with Crippen molar-refractivity contribution in [2.45, 2.75) is 13.3 Å². The normalized spacial score (nSPS) is 10.1. The Morgan fingerprint density at radius 1 is 1.53 bits per heavy atom. The number of aryl methyl sites for hydroxylation is 1. The molecule has 0 bridgehead atoms. The third-order valence-electron chi connectivity index (χ3n) is 2.43. The van der Waals surface area contributed by atoms with Gasteiger partial charge in [-0.1, -0.05) is 11.6 Å². The first kappa shape index (κ1) is 13.8. The van der Waals surface area contributed by atoms with Crippen LogP contribution >= 0.6 is 11.6 Å². The number of halogens is 1. The van der Waals surface area contributed by atoms with Crippen molar-refractivity contribution in [3.63, 3.8) is 0 Å². The molecule has 0 radical (unpaired) electrons. The molecule has 94 valence electrons. The predicted molar refractivity (Wildman–Crippen MR) is 68.5 cm³/mol. The Balaban J connectivity index is 2.78. The van der Waals surface area contributed by atoms with Gasteiger partial charge in [-0.25, -0.2) is 0 Å². The molecule has 0 unspecified atom stereocenters. The number of nitrogens with two attached hydrogens (primary N) is 1. The summed E-state index contributed by atoms with van der Waals surface area (Å²) in [5.41, 5.74) is 7.18. The van der Waals surface area contributed by atoms with E-state index in [1.165, 1.54) is 0 Å². The summed E-state index contributed by atoms with van der Waals surface area (Å²) in [6, 6.07) is 3.59. The maximum Gasteiger partial charge on any atom is 0.224 e. The Bertz CT molecular complexity index is 408. The lowest BCUT2D eigenvalue weighted by Crippen LogP contribution is -2.30. The van der Waals surface area contributed by atoms with Crippen LogP contribution in [0, 0.1) is 6.92 Å². The number of carbonyl (C=O) groups excluding carboxylic acids is 1. The van der Waals surface area contributed by atoms with Crippen LogP contribution < -0.4 is 15.8 Å². The molecule has 0 aromatic heterocycles. The van der Waals surface area contributed by atoms with E-state index in [1.54, 1.807) is 13.2 Å². The summed E-state index contributed by atoms with van der Waals surface area (Å²) in [5, 5.41) is 3.23. The van der Waals surface area contributed by atoms with Crippen molar-refractivity contribution >= 4 is 17.5 Å². The number of hydrogen-bond donors (Lipinski definition) is 2. The van der Waals surface area contributed by atoms with E-state index in [4.69, 9.17) is 22.1 Å². The lowest BCUT2D eigenvalue weighted by Gasteiger charge is -2.10. The standard InChI is InChI=1S/C12H17ClN2O2/c1-8-5-11(17-2)10(13)6-9(8)7-12(16)15-4-3-14/h5-6H,3-4,7,14H2,1-2H3,(H,15,16). The zero-order chi connectivity index (χ0) is 12.8. The van der Waals surface area contributed by atoms with Crippen LogP contribution in [-0.4, -0.2) is 26.1 Å². The van der Waals surface area contributed by atoms with Crippen molar-refractivity contribution in [3.8, 4) is 5.75 Å². The Morgan fingerprint density at radius 3 is 2.82 bits per heavy atom. The zero-order valence-corrected chi connectivity index (χ0v) is 10.8. The van der Waals surface area contributed by atoms with E-state index >= 15 is 0 Å². The van der Waals surface area contributed by atoms with Crippen LogP contribution in [0.15, 0.2) is 12.1 Å². The number of carbonyl (C=O) groups is 1. The molecular weight excluding hydrogens is 240 g/mol. The van der Waals surface area contributed by atoms with Crippen LogP contribution in [-0.2, 0) is 11.2 Å². The minimum Gasteiger partial charge on any atom is -0.495 e. The number of methoxy groups -OCH3 is 1. The van der Waals surface area contributed by atoms with E-state index in [0.717, 1.165) is 11.1 Å². The van der Waals surface area contributed by atoms with Crippen molar-refractivity contribution in [3.05, 3.63) is 28.3 Å². The predicted octanol–water partition coefficient (Wildman–Crippen LogP) is 1.27. The van der Waals surface area contributed by atoms with Gasteiger partial charge in [0.2, 0.25) is 5.91 Å². The first-order valence-electron chi connectivity index (χ1n) is 5.38. The summed E-state index contributed by atoms with van der Waals surface area (Å²) in [6.07, 6.45) is 0.301. The highest BCUT2D eigenvalue weighted by Crippen LogP contribution is 2.27. The maximum atomic E-state index is 11.5. The molecule has 0 saturated heterocycles. The summed E-state index contributed by atoms with van der Waals surface area (Å²) in [4.78, 5) is 11.5. The molecular formula is C12H17ClN2O2. The molecule has 5 heteroatoms. The first-order chi connectivity index (χ1) is 8.08. The van der Waals surface area contributed by atoms with Gasteiger partial charge in [0.15, 0.2) is 0 Å². The lowest BCUT2D eigenvalue weighted by atomic mass is 10.0. The molecule has 0 fully saturated rings. The highest BCUT2D eigenvalue weighted by Gasteiger charge is 2.09. The van der Waals surface area contributed by atoms with E-state index in [-0.39, 0.29) is 5.91 Å². The zero-order valence-electron chi connectivity index (χ0n) is 10.0. The van der Waals surface area contributed by atoms with Gasteiger partial charge in [-0.15, -0.1) is 0 Å². The molecule has 0 aliphatic heterocycles. The summed E-state index contributed by atoms with van der Waals surface area (Å²) >= 11 is 6.01. The van der Waals surface area contributed by atoms with E-state index < -0.39 is 0 Å². The number of amides is 1. The second-order valence-electron chi connectivity index (χ2n) is 3.73. The molecule has 4 nitrogen and oxygen atoms in total. The molecule has 0 saturated carbocycles. The van der Waals surface area contributed by atoms with Crippen LogP contribution in [0.4, 0.5) is 0 Å². The number of hydrogen-bond acceptors (Lipinski definition) is 3. The van der Waals surface area contributed by atoms with Crippen LogP contribution in [0.1, 0.15) is 11.1 Å². The Labute approximate surface area is 106 Å². The van der Waals surface area contributed by atoms with Crippen LogP contribution in [0.5, 0.6) is 5.75 Å². The van der Waals surface area contributed by atoms with Gasteiger partial charge < -0.3 is 15.8 Å². The van der Waals surface area contributed by atoms with E-state index in [0.29, 0.717) is 30.3 Å². The van der Waals surface area contributed by atoms with Gasteiger partial charge in [-0.3, -0.25) is 4.79 Å². The number of benzene rings is 1. The fourth-order valence-corrected chi connectivity index (χ4v) is 1.75. The molecule has 1 aromatic rings. The van der Waals surface area contributed by atoms with Gasteiger partial charge in [-0.05, 0) is 30.2 Å². The highest BCUT2D eigenvalue weighted by atomic mass is 35.5. The van der Waals surface area contributed by atoms with E-state index in [1.807, 2.05) is 13.0 Å². The third kappa shape index (κ3) is 3.91. The largest absolute Gasteiger partial charge is 0.495 e. The average molecular weight is 257 g/mol. The summed E-state index contributed by atoms with van der Waals surface area (Å²) in [7, 11) is 1.56. The Morgan fingerprint density at radius 2 is 2.24 bits per heavy atom. The van der Waals surface area contributed by atoms with E-state index in [9.17, 15) is 4.79 Å². The summed E-state index contributed by atoms with van der Waals surface area (Å²) in [5.74, 6) is 0.565. The van der Waals surface area contributed by atoms with Crippen molar-refractivity contribution in [2.24, 2.45) is 5.73 Å². The SMILES string of the molecule is COc1cc(C)c(CC(=O)NCCN)cc1Cl. The summed E-state index contributed by atoms with van der Waals surface area (Å²) < 4.78 is 5.10. The number of ether oxygens (including phenoxy) is 1. The van der Waals surface area contributed by atoms with Crippen molar-refractivity contribution < 1.29 is 9.53 Å². The van der Waals surface area contributed by atoms with Gasteiger partial charge in [-0.2, -0.15) is 0 Å². The van der Waals surface area contributed by atoms with Gasteiger partial charge in [0.25, 0.3) is 0 Å². The molecule has 17 heavy (non-hydrogen) atoms. The van der Waals surface area contributed by atoms with Crippen LogP contribution in [0.3, 0.4) is 0 Å². The smallest absolute Gasteiger partial charge is 0.224 e. The van der Waals surface area contributed by atoms with Gasteiger partial charge in [0.05, 0.1) is 18.6 Å². The molecule has 0 aliphatic carbocycles. The molecule has 0 aliphatic rings. The molecule has 1 aromatic carbocycles. The van der Waals surface area contributed by atoms with Crippen LogP contribution in [0.25, 0.3) is 0 Å². The third-order valence-corrected chi connectivity index (χ3v) is 2.72. The summed E-state index contributed by atoms with van der Waals surface area (Å²) in [6.45, 7) is 2.85.